The topological polar surface area (TPSA) is 78.5 Å². The maximum absolute atomic E-state index is 12.9. The molecule has 29 heavy (non-hydrogen) atoms. The molecule has 2 heterocycles. The van der Waals surface area contributed by atoms with E-state index >= 15 is 0 Å². The van der Waals surface area contributed by atoms with Gasteiger partial charge in [-0.2, -0.15) is 0 Å². The van der Waals surface area contributed by atoms with E-state index in [2.05, 4.69) is 17.6 Å². The fraction of sp³-hybridized carbons (Fsp3) is 0.591. The molecule has 2 atom stereocenters. The molecule has 156 valence electrons. The number of hydrogen-bond donors (Lipinski definition) is 2. The van der Waals surface area contributed by atoms with E-state index < -0.39 is 0 Å². The fourth-order valence-corrected chi connectivity index (χ4v) is 5.15. The minimum atomic E-state index is -0.221. The molecule has 0 spiro atoms. The summed E-state index contributed by atoms with van der Waals surface area (Å²) in [5, 5.41) is 6.16. The third-order valence-electron chi connectivity index (χ3n) is 6.51. The van der Waals surface area contributed by atoms with Crippen LogP contribution in [0.5, 0.6) is 0 Å². The van der Waals surface area contributed by atoms with E-state index in [0.29, 0.717) is 28.7 Å². The zero-order chi connectivity index (χ0) is 20.5. The normalized spacial score (nSPS) is 24.8. The Morgan fingerprint density at radius 2 is 1.93 bits per heavy atom. The lowest BCUT2D eigenvalue weighted by atomic mass is 9.87. The lowest BCUT2D eigenvalue weighted by Crippen LogP contribution is -2.52. The molecule has 1 saturated heterocycles. The van der Waals surface area contributed by atoms with Crippen molar-refractivity contribution < 1.29 is 14.4 Å². The molecule has 1 aromatic rings. The van der Waals surface area contributed by atoms with Crippen molar-refractivity contribution in [1.82, 2.24) is 10.2 Å². The number of benzene rings is 1. The van der Waals surface area contributed by atoms with Gasteiger partial charge in [0.2, 0.25) is 11.8 Å². The summed E-state index contributed by atoms with van der Waals surface area (Å²) in [4.78, 5) is 39.3. The highest BCUT2D eigenvalue weighted by Crippen LogP contribution is 2.31. The van der Waals surface area contributed by atoms with Crippen molar-refractivity contribution in [3.8, 4) is 0 Å². The molecule has 2 N–H and O–H groups in total. The van der Waals surface area contributed by atoms with Crippen molar-refractivity contribution in [3.05, 3.63) is 28.3 Å². The maximum Gasteiger partial charge on any atom is 0.253 e. The number of rotatable bonds is 3. The number of anilines is 1. The number of nitrogens with one attached hydrogen (secondary N) is 2. The van der Waals surface area contributed by atoms with E-state index in [-0.39, 0.29) is 36.2 Å². The summed E-state index contributed by atoms with van der Waals surface area (Å²) < 4.78 is 0. The number of amides is 3. The second kappa shape index (κ2) is 8.34. The average Bonchev–Trinajstić information content (AvgIpc) is 3.06. The summed E-state index contributed by atoms with van der Waals surface area (Å²) in [7, 11) is 0. The third kappa shape index (κ3) is 4.27. The molecule has 6 nitrogen and oxygen atoms in total. The van der Waals surface area contributed by atoms with Gasteiger partial charge in [-0.25, -0.2) is 0 Å². The average molecular weight is 418 g/mol. The fourth-order valence-electron chi connectivity index (χ4n) is 4.90. The van der Waals surface area contributed by atoms with E-state index in [4.69, 9.17) is 11.6 Å². The molecule has 2 aliphatic heterocycles. The van der Waals surface area contributed by atoms with Gasteiger partial charge in [-0.1, -0.05) is 30.9 Å². The SMILES string of the molecule is C[C@H]1CC(NC(=O)c2cc3c(cc2Cl)NC(=O)C3)CCN1C(=O)C1CCCCC1. The number of fused-ring (bicyclic) bond motifs is 1. The minimum absolute atomic E-state index is 0.0111. The Labute approximate surface area is 176 Å². The number of hydrogen-bond acceptors (Lipinski definition) is 3. The van der Waals surface area contributed by atoms with Crippen LogP contribution in [0.15, 0.2) is 12.1 Å². The number of halogens is 1. The lowest BCUT2D eigenvalue weighted by Gasteiger charge is -2.40. The van der Waals surface area contributed by atoms with E-state index in [1.54, 1.807) is 12.1 Å². The van der Waals surface area contributed by atoms with Crippen LogP contribution in [0.1, 0.15) is 67.8 Å². The molecule has 3 amide bonds. The first-order valence-corrected chi connectivity index (χ1v) is 11.0. The van der Waals surface area contributed by atoms with Gasteiger partial charge < -0.3 is 15.5 Å². The van der Waals surface area contributed by atoms with Crippen molar-refractivity contribution >= 4 is 35.0 Å². The predicted octanol–water partition coefficient (Wildman–Crippen LogP) is 3.52. The minimum Gasteiger partial charge on any atom is -0.349 e. The molecule has 0 bridgehead atoms. The van der Waals surface area contributed by atoms with Crippen molar-refractivity contribution in [2.24, 2.45) is 5.92 Å². The molecule has 7 heteroatoms. The Bertz CT molecular complexity index is 835. The molecule has 0 radical (unpaired) electrons. The molecule has 1 saturated carbocycles. The molecular formula is C22H28ClN3O3. The Kier molecular flexibility index (Phi) is 5.81. The monoisotopic (exact) mass is 417 g/mol. The molecular weight excluding hydrogens is 390 g/mol. The highest BCUT2D eigenvalue weighted by atomic mass is 35.5. The summed E-state index contributed by atoms with van der Waals surface area (Å²) in [6, 6.07) is 3.47. The van der Waals surface area contributed by atoms with Crippen LogP contribution in [0.3, 0.4) is 0 Å². The van der Waals surface area contributed by atoms with Crippen LogP contribution >= 0.6 is 11.6 Å². The van der Waals surface area contributed by atoms with Gasteiger partial charge in [-0.3, -0.25) is 14.4 Å². The Morgan fingerprint density at radius 3 is 2.66 bits per heavy atom. The van der Waals surface area contributed by atoms with Crippen LogP contribution in [0.2, 0.25) is 5.02 Å². The van der Waals surface area contributed by atoms with Gasteiger partial charge in [0.05, 0.1) is 17.0 Å². The number of nitrogens with zero attached hydrogens (tertiary/aromatic N) is 1. The molecule has 2 fully saturated rings. The van der Waals surface area contributed by atoms with Gasteiger partial charge in [-0.05, 0) is 50.3 Å². The first kappa shape index (κ1) is 20.2. The van der Waals surface area contributed by atoms with Gasteiger partial charge in [0, 0.05) is 30.2 Å². The number of carbonyl (C=O) groups excluding carboxylic acids is 3. The van der Waals surface area contributed by atoms with E-state index in [0.717, 1.165) is 44.1 Å². The molecule has 4 rings (SSSR count). The second-order valence-electron chi connectivity index (χ2n) is 8.62. The largest absolute Gasteiger partial charge is 0.349 e. The van der Waals surface area contributed by atoms with Gasteiger partial charge in [0.15, 0.2) is 0 Å². The third-order valence-corrected chi connectivity index (χ3v) is 6.82. The first-order valence-electron chi connectivity index (χ1n) is 10.7. The van der Waals surface area contributed by atoms with Crippen molar-refractivity contribution in [2.45, 2.75) is 70.4 Å². The summed E-state index contributed by atoms with van der Waals surface area (Å²) in [5.41, 5.74) is 1.88. The molecule has 1 aliphatic carbocycles. The van der Waals surface area contributed by atoms with Crippen LogP contribution < -0.4 is 10.6 Å². The maximum atomic E-state index is 12.9. The zero-order valence-corrected chi connectivity index (χ0v) is 17.6. The van der Waals surface area contributed by atoms with Crippen LogP contribution in [0, 0.1) is 5.92 Å². The van der Waals surface area contributed by atoms with Gasteiger partial charge >= 0.3 is 0 Å². The summed E-state index contributed by atoms with van der Waals surface area (Å²) in [6.45, 7) is 2.75. The highest BCUT2D eigenvalue weighted by molar-refractivity contribution is 6.34. The molecule has 3 aliphatic rings. The van der Waals surface area contributed by atoms with Crippen LogP contribution in [0.25, 0.3) is 0 Å². The summed E-state index contributed by atoms with van der Waals surface area (Å²) in [5.74, 6) is 0.165. The Morgan fingerprint density at radius 1 is 1.17 bits per heavy atom. The number of likely N-dealkylation sites (tertiary alicyclic amines) is 1. The van der Waals surface area contributed by atoms with E-state index in [1.165, 1.54) is 6.42 Å². The Balaban J connectivity index is 1.37. The van der Waals surface area contributed by atoms with E-state index in [9.17, 15) is 14.4 Å². The zero-order valence-electron chi connectivity index (χ0n) is 16.8. The standard InChI is InChI=1S/C22H28ClN3O3/c1-13-9-16(7-8-26(13)22(29)14-5-3-2-4-6-14)24-21(28)17-10-15-11-20(27)25-19(15)12-18(17)23/h10,12-14,16H,2-9,11H2,1H3,(H,24,28)(H,25,27)/t13-,16?/m0/s1. The smallest absolute Gasteiger partial charge is 0.253 e. The number of piperidine rings is 1. The number of carbonyl (C=O) groups is 3. The summed E-state index contributed by atoms with van der Waals surface area (Å²) >= 11 is 6.28. The van der Waals surface area contributed by atoms with Gasteiger partial charge in [0.25, 0.3) is 5.91 Å². The summed E-state index contributed by atoms with van der Waals surface area (Å²) in [6.07, 6.45) is 7.32. The predicted molar refractivity (Wildman–Crippen MR) is 112 cm³/mol. The van der Waals surface area contributed by atoms with Crippen LogP contribution in [-0.2, 0) is 16.0 Å². The molecule has 1 unspecified atom stereocenters. The lowest BCUT2D eigenvalue weighted by molar-refractivity contribution is -0.140. The highest BCUT2D eigenvalue weighted by Gasteiger charge is 2.34. The first-order chi connectivity index (χ1) is 13.9. The molecule has 1 aromatic carbocycles. The van der Waals surface area contributed by atoms with Gasteiger partial charge in [-0.15, -0.1) is 0 Å². The van der Waals surface area contributed by atoms with Crippen LogP contribution in [-0.4, -0.2) is 41.2 Å². The van der Waals surface area contributed by atoms with Crippen molar-refractivity contribution in [3.63, 3.8) is 0 Å². The van der Waals surface area contributed by atoms with Crippen molar-refractivity contribution in [2.75, 3.05) is 11.9 Å². The van der Waals surface area contributed by atoms with Gasteiger partial charge in [0.1, 0.15) is 0 Å². The second-order valence-corrected chi connectivity index (χ2v) is 9.03. The Hall–Kier alpha value is -2.08. The van der Waals surface area contributed by atoms with Crippen LogP contribution in [0.4, 0.5) is 5.69 Å². The van der Waals surface area contributed by atoms with E-state index in [1.807, 2.05) is 4.90 Å². The quantitative estimate of drug-likeness (QED) is 0.789. The van der Waals surface area contributed by atoms with Crippen molar-refractivity contribution in [1.29, 1.82) is 0 Å². The molecule has 0 aromatic heterocycles.